The normalized spacial score (nSPS) is 15.5. The second-order valence-corrected chi connectivity index (χ2v) is 6.17. The number of hydrogen-bond donors (Lipinski definition) is 0. The molecule has 0 saturated heterocycles. The highest BCUT2D eigenvalue weighted by Crippen LogP contribution is 2.36. The molecule has 19 heavy (non-hydrogen) atoms. The first-order chi connectivity index (χ1) is 8.83. The fourth-order valence-electron chi connectivity index (χ4n) is 1.58. The predicted molar refractivity (Wildman–Crippen MR) is 74.0 cm³/mol. The molecule has 1 aromatic rings. The van der Waals surface area contributed by atoms with Crippen LogP contribution in [0.5, 0.6) is 17.4 Å². The summed E-state index contributed by atoms with van der Waals surface area (Å²) in [7, 11) is 0. The van der Waals surface area contributed by atoms with Gasteiger partial charge in [-0.3, -0.25) is 0 Å². The van der Waals surface area contributed by atoms with Crippen LogP contribution in [0.25, 0.3) is 0 Å². The molecule has 1 heterocycles. The molecular formula is C15H23NO3. The summed E-state index contributed by atoms with van der Waals surface area (Å²) < 4.78 is 17.4. The van der Waals surface area contributed by atoms with Crippen LogP contribution in [0, 0.1) is 0 Å². The number of pyridine rings is 1. The minimum Gasteiger partial charge on any atom is -0.486 e. The lowest BCUT2D eigenvalue weighted by Gasteiger charge is -2.23. The van der Waals surface area contributed by atoms with E-state index in [4.69, 9.17) is 14.2 Å². The molecule has 0 aliphatic heterocycles. The van der Waals surface area contributed by atoms with E-state index >= 15 is 0 Å². The van der Waals surface area contributed by atoms with E-state index in [0.717, 1.165) is 18.6 Å². The van der Waals surface area contributed by atoms with E-state index in [0.29, 0.717) is 17.7 Å². The predicted octanol–water partition coefficient (Wildman–Crippen LogP) is 3.59. The van der Waals surface area contributed by atoms with Gasteiger partial charge in [0.1, 0.15) is 5.60 Å². The lowest BCUT2D eigenvalue weighted by Crippen LogP contribution is -2.23. The Balaban J connectivity index is 2.20. The molecule has 0 amide bonds. The summed E-state index contributed by atoms with van der Waals surface area (Å²) in [4.78, 5) is 4.26. The highest BCUT2D eigenvalue weighted by atomic mass is 16.5. The number of ether oxygens (including phenoxy) is 3. The molecule has 1 fully saturated rings. The average molecular weight is 265 g/mol. The van der Waals surface area contributed by atoms with Gasteiger partial charge in [0, 0.05) is 6.07 Å². The zero-order chi connectivity index (χ0) is 14.0. The summed E-state index contributed by atoms with van der Waals surface area (Å²) in [6, 6.07) is 1.82. The lowest BCUT2D eigenvalue weighted by molar-refractivity contribution is 0.121. The van der Waals surface area contributed by atoms with Crippen molar-refractivity contribution in [3.63, 3.8) is 0 Å². The molecule has 1 aliphatic carbocycles. The van der Waals surface area contributed by atoms with Gasteiger partial charge in [0.05, 0.1) is 18.4 Å². The fourth-order valence-corrected chi connectivity index (χ4v) is 1.58. The first-order valence-corrected chi connectivity index (χ1v) is 6.86. The van der Waals surface area contributed by atoms with Crippen LogP contribution in [0.4, 0.5) is 0 Å². The summed E-state index contributed by atoms with van der Waals surface area (Å²) >= 11 is 0. The summed E-state index contributed by atoms with van der Waals surface area (Å²) in [6.07, 6.45) is 4.31. The molecule has 0 aromatic carbocycles. The third-order valence-corrected chi connectivity index (χ3v) is 2.40. The van der Waals surface area contributed by atoms with Crippen LogP contribution in [-0.2, 0) is 0 Å². The van der Waals surface area contributed by atoms with Crippen LogP contribution in [0.3, 0.4) is 0 Å². The van der Waals surface area contributed by atoms with Gasteiger partial charge in [0.2, 0.25) is 5.88 Å². The highest BCUT2D eigenvalue weighted by Gasteiger charge is 2.26. The van der Waals surface area contributed by atoms with Gasteiger partial charge in [0.25, 0.3) is 0 Å². The molecule has 106 valence electrons. The Morgan fingerprint density at radius 2 is 1.89 bits per heavy atom. The van der Waals surface area contributed by atoms with Crippen molar-refractivity contribution >= 4 is 0 Å². The standard InChI is InChI=1S/C15H23NO3/c1-10(2)17-14-8-12(18-11-6-7-11)13(9-16-14)19-15(3,4)5/h8-11H,6-7H2,1-5H3. The number of aromatic nitrogens is 1. The van der Waals surface area contributed by atoms with Gasteiger partial charge in [-0.05, 0) is 47.5 Å². The Bertz CT molecular complexity index is 434. The van der Waals surface area contributed by atoms with Crippen molar-refractivity contribution in [2.24, 2.45) is 0 Å². The zero-order valence-electron chi connectivity index (χ0n) is 12.4. The van der Waals surface area contributed by atoms with Crippen molar-refractivity contribution in [3.05, 3.63) is 12.3 Å². The van der Waals surface area contributed by atoms with Crippen molar-refractivity contribution in [1.82, 2.24) is 4.98 Å². The first-order valence-electron chi connectivity index (χ1n) is 6.86. The molecule has 0 unspecified atom stereocenters. The van der Waals surface area contributed by atoms with Gasteiger partial charge in [-0.1, -0.05) is 0 Å². The molecule has 0 radical (unpaired) electrons. The molecule has 1 aromatic heterocycles. The highest BCUT2D eigenvalue weighted by molar-refractivity contribution is 5.41. The van der Waals surface area contributed by atoms with Crippen molar-refractivity contribution in [2.75, 3.05) is 0 Å². The molecule has 0 spiro atoms. The van der Waals surface area contributed by atoms with E-state index in [2.05, 4.69) is 4.98 Å². The van der Waals surface area contributed by atoms with E-state index in [1.807, 2.05) is 40.7 Å². The van der Waals surface area contributed by atoms with Crippen molar-refractivity contribution in [1.29, 1.82) is 0 Å². The number of rotatable bonds is 5. The Morgan fingerprint density at radius 1 is 1.21 bits per heavy atom. The maximum absolute atomic E-state index is 5.88. The largest absolute Gasteiger partial charge is 0.486 e. The SMILES string of the molecule is CC(C)Oc1cc(OC2CC2)c(OC(C)(C)C)cn1. The molecule has 2 rings (SSSR count). The van der Waals surface area contributed by atoms with E-state index in [9.17, 15) is 0 Å². The number of nitrogens with zero attached hydrogens (tertiary/aromatic N) is 1. The summed E-state index contributed by atoms with van der Waals surface area (Å²) in [6.45, 7) is 9.97. The second-order valence-electron chi connectivity index (χ2n) is 6.17. The van der Waals surface area contributed by atoms with E-state index < -0.39 is 0 Å². The molecule has 1 aliphatic rings. The van der Waals surface area contributed by atoms with Crippen LogP contribution >= 0.6 is 0 Å². The van der Waals surface area contributed by atoms with Crippen molar-refractivity contribution in [3.8, 4) is 17.4 Å². The Kier molecular flexibility index (Phi) is 3.88. The Morgan fingerprint density at radius 3 is 2.42 bits per heavy atom. The first kappa shape index (κ1) is 14.0. The third-order valence-electron chi connectivity index (χ3n) is 2.40. The molecule has 0 atom stereocenters. The van der Waals surface area contributed by atoms with Crippen molar-refractivity contribution in [2.45, 2.75) is 65.3 Å². The Labute approximate surface area is 115 Å². The quantitative estimate of drug-likeness (QED) is 0.815. The van der Waals surface area contributed by atoms with Gasteiger partial charge >= 0.3 is 0 Å². The molecule has 0 bridgehead atoms. The van der Waals surface area contributed by atoms with Crippen LogP contribution in [-0.4, -0.2) is 22.8 Å². The number of hydrogen-bond acceptors (Lipinski definition) is 4. The molecule has 1 saturated carbocycles. The fraction of sp³-hybridized carbons (Fsp3) is 0.667. The van der Waals surface area contributed by atoms with Crippen LogP contribution in [0.15, 0.2) is 12.3 Å². The Hall–Kier alpha value is -1.45. The minimum absolute atomic E-state index is 0.0932. The van der Waals surface area contributed by atoms with Crippen molar-refractivity contribution < 1.29 is 14.2 Å². The van der Waals surface area contributed by atoms with Gasteiger partial charge in [0.15, 0.2) is 11.5 Å². The summed E-state index contributed by atoms with van der Waals surface area (Å²) in [5, 5.41) is 0. The topological polar surface area (TPSA) is 40.6 Å². The van der Waals surface area contributed by atoms with Gasteiger partial charge in [-0.15, -0.1) is 0 Å². The van der Waals surface area contributed by atoms with E-state index in [-0.39, 0.29) is 11.7 Å². The van der Waals surface area contributed by atoms with Gasteiger partial charge in [-0.25, -0.2) is 4.98 Å². The monoisotopic (exact) mass is 265 g/mol. The van der Waals surface area contributed by atoms with E-state index in [1.54, 1.807) is 6.20 Å². The third kappa shape index (κ3) is 4.62. The molecular weight excluding hydrogens is 242 g/mol. The lowest BCUT2D eigenvalue weighted by atomic mass is 10.2. The van der Waals surface area contributed by atoms with Crippen LogP contribution in [0.2, 0.25) is 0 Å². The zero-order valence-corrected chi connectivity index (χ0v) is 12.4. The molecule has 0 N–H and O–H groups in total. The summed E-state index contributed by atoms with van der Waals surface area (Å²) in [5.41, 5.74) is -0.274. The molecule has 4 heteroatoms. The smallest absolute Gasteiger partial charge is 0.217 e. The average Bonchev–Trinajstić information content (AvgIpc) is 3.03. The minimum atomic E-state index is -0.274. The summed E-state index contributed by atoms with van der Waals surface area (Å²) in [5.74, 6) is 1.98. The maximum Gasteiger partial charge on any atom is 0.217 e. The van der Waals surface area contributed by atoms with Crippen LogP contribution in [0.1, 0.15) is 47.5 Å². The maximum atomic E-state index is 5.88. The van der Waals surface area contributed by atoms with Gasteiger partial charge in [-0.2, -0.15) is 0 Å². The van der Waals surface area contributed by atoms with Crippen LogP contribution < -0.4 is 14.2 Å². The second kappa shape index (κ2) is 5.27. The van der Waals surface area contributed by atoms with E-state index in [1.165, 1.54) is 0 Å². The molecule has 4 nitrogen and oxygen atoms in total. The van der Waals surface area contributed by atoms with Gasteiger partial charge < -0.3 is 14.2 Å².